The fraction of sp³-hybridized carbons (Fsp3) is 0.375. The summed E-state index contributed by atoms with van der Waals surface area (Å²) in [5.41, 5.74) is 5.66. The van der Waals surface area contributed by atoms with Gasteiger partial charge in [0.2, 0.25) is 18.2 Å². The van der Waals surface area contributed by atoms with Gasteiger partial charge in [-0.3, -0.25) is 9.59 Å². The van der Waals surface area contributed by atoms with E-state index >= 15 is 4.57 Å². The van der Waals surface area contributed by atoms with Crippen LogP contribution in [0.25, 0.3) is 0 Å². The zero-order valence-electron chi connectivity index (χ0n) is 22.6. The SMILES string of the molecule is CCc1cc(CC)c(C(=O)P(=O)(C(=O)c2c(CC)cc(CC)cc2CC)c2ccccc2)c(CC)c1. The van der Waals surface area contributed by atoms with Gasteiger partial charge in [0.1, 0.15) is 0 Å². The van der Waals surface area contributed by atoms with Crippen molar-refractivity contribution in [3.8, 4) is 0 Å². The van der Waals surface area contributed by atoms with Crippen LogP contribution in [0, 0.1) is 0 Å². The van der Waals surface area contributed by atoms with Gasteiger partial charge in [-0.1, -0.05) is 96.1 Å². The number of rotatable bonds is 11. The zero-order valence-corrected chi connectivity index (χ0v) is 23.5. The van der Waals surface area contributed by atoms with Gasteiger partial charge in [0.25, 0.3) is 0 Å². The first-order valence-electron chi connectivity index (χ1n) is 13.3. The van der Waals surface area contributed by atoms with Crippen LogP contribution in [-0.4, -0.2) is 11.0 Å². The largest absolute Gasteiger partial charge is 0.302 e. The molecular formula is C32H39O3P. The molecule has 0 atom stereocenters. The number of hydrogen-bond acceptors (Lipinski definition) is 3. The fourth-order valence-corrected chi connectivity index (χ4v) is 7.48. The van der Waals surface area contributed by atoms with Crippen LogP contribution in [0.1, 0.15) is 95.6 Å². The molecule has 3 rings (SSSR count). The lowest BCUT2D eigenvalue weighted by Crippen LogP contribution is -2.24. The summed E-state index contributed by atoms with van der Waals surface area (Å²) in [4.78, 5) is 29.0. The first-order chi connectivity index (χ1) is 17.3. The third-order valence-electron chi connectivity index (χ3n) is 7.18. The third-order valence-corrected chi connectivity index (χ3v) is 9.80. The van der Waals surface area contributed by atoms with Gasteiger partial charge in [0.05, 0.1) is 0 Å². The summed E-state index contributed by atoms with van der Waals surface area (Å²) in [5.74, 6) is 0. The maximum atomic E-state index is 15.1. The number of carbonyl (C=O) groups excluding carboxylic acids is 2. The summed E-state index contributed by atoms with van der Waals surface area (Å²) < 4.78 is 15.1. The second-order valence-electron chi connectivity index (χ2n) is 9.25. The number of hydrogen-bond donors (Lipinski definition) is 0. The van der Waals surface area contributed by atoms with Crippen LogP contribution in [0.4, 0.5) is 0 Å². The first kappa shape index (κ1) is 27.8. The van der Waals surface area contributed by atoms with E-state index in [0.29, 0.717) is 42.1 Å². The van der Waals surface area contributed by atoms with E-state index in [9.17, 15) is 9.59 Å². The van der Waals surface area contributed by atoms with Crippen molar-refractivity contribution >= 4 is 23.5 Å². The molecule has 0 spiro atoms. The van der Waals surface area contributed by atoms with Crippen LogP contribution in [0.5, 0.6) is 0 Å². The highest BCUT2D eigenvalue weighted by Crippen LogP contribution is 2.53. The van der Waals surface area contributed by atoms with E-state index in [1.807, 2.05) is 58.0 Å². The van der Waals surface area contributed by atoms with Gasteiger partial charge in [0.15, 0.2) is 0 Å². The van der Waals surface area contributed by atoms with Gasteiger partial charge in [-0.25, -0.2) is 0 Å². The molecule has 3 nitrogen and oxygen atoms in total. The predicted molar refractivity (Wildman–Crippen MR) is 151 cm³/mol. The van der Waals surface area contributed by atoms with Gasteiger partial charge in [0, 0.05) is 16.4 Å². The van der Waals surface area contributed by atoms with Crippen molar-refractivity contribution < 1.29 is 14.2 Å². The Kier molecular flexibility index (Phi) is 9.25. The molecule has 0 aliphatic rings. The molecule has 0 heterocycles. The van der Waals surface area contributed by atoms with Crippen molar-refractivity contribution in [2.75, 3.05) is 0 Å². The van der Waals surface area contributed by atoms with Gasteiger partial charge < -0.3 is 4.57 Å². The van der Waals surface area contributed by atoms with Gasteiger partial charge in [-0.2, -0.15) is 0 Å². The fourth-order valence-electron chi connectivity index (χ4n) is 5.03. The van der Waals surface area contributed by atoms with E-state index in [1.54, 1.807) is 24.3 Å². The van der Waals surface area contributed by atoms with Crippen molar-refractivity contribution in [3.63, 3.8) is 0 Å². The summed E-state index contributed by atoms with van der Waals surface area (Å²) in [5, 5.41) is 0.312. The van der Waals surface area contributed by atoms with Crippen LogP contribution in [-0.2, 0) is 43.1 Å². The Balaban J connectivity index is 2.37. The maximum absolute atomic E-state index is 15.1. The van der Waals surface area contributed by atoms with Gasteiger partial charge >= 0.3 is 0 Å². The quantitative estimate of drug-likeness (QED) is 0.252. The Morgan fingerprint density at radius 1 is 0.556 bits per heavy atom. The molecule has 3 aromatic rings. The average molecular weight is 503 g/mol. The molecule has 0 amide bonds. The number of carbonyl (C=O) groups is 2. The summed E-state index contributed by atoms with van der Waals surface area (Å²) in [6, 6.07) is 16.8. The maximum Gasteiger partial charge on any atom is 0.248 e. The molecule has 0 aromatic heterocycles. The zero-order chi connectivity index (χ0) is 26.5. The number of aryl methyl sites for hydroxylation is 6. The highest BCUT2D eigenvalue weighted by Gasteiger charge is 2.45. The molecule has 0 aliphatic carbocycles. The average Bonchev–Trinajstić information content (AvgIpc) is 2.94. The molecule has 0 saturated carbocycles. The second kappa shape index (κ2) is 12.0. The lowest BCUT2D eigenvalue weighted by atomic mass is 9.94. The lowest BCUT2D eigenvalue weighted by molar-refractivity contribution is 0.103. The minimum Gasteiger partial charge on any atom is -0.302 e. The van der Waals surface area contributed by atoms with E-state index < -0.39 is 18.2 Å². The van der Waals surface area contributed by atoms with Crippen LogP contribution < -0.4 is 5.30 Å². The molecule has 190 valence electrons. The lowest BCUT2D eigenvalue weighted by Gasteiger charge is -2.23. The summed E-state index contributed by atoms with van der Waals surface area (Å²) >= 11 is 0. The van der Waals surface area contributed by atoms with E-state index in [-0.39, 0.29) is 0 Å². The highest BCUT2D eigenvalue weighted by atomic mass is 31.2. The van der Waals surface area contributed by atoms with Crippen molar-refractivity contribution in [1.82, 2.24) is 0 Å². The normalized spacial score (nSPS) is 11.5. The molecule has 3 aromatic carbocycles. The predicted octanol–water partition coefficient (Wildman–Crippen LogP) is 7.73. The Labute approximate surface area is 216 Å². The van der Waals surface area contributed by atoms with Crippen molar-refractivity contribution in [2.24, 2.45) is 0 Å². The van der Waals surface area contributed by atoms with Gasteiger partial charge in [-0.05, 0) is 71.9 Å². The summed E-state index contributed by atoms with van der Waals surface area (Å²) in [7, 11) is -4.18. The molecule has 36 heavy (non-hydrogen) atoms. The van der Waals surface area contributed by atoms with Crippen LogP contribution in [0.15, 0.2) is 54.6 Å². The monoisotopic (exact) mass is 502 g/mol. The van der Waals surface area contributed by atoms with Crippen LogP contribution >= 0.6 is 7.14 Å². The van der Waals surface area contributed by atoms with Crippen LogP contribution in [0.3, 0.4) is 0 Å². The summed E-state index contributed by atoms with van der Waals surface area (Å²) in [6.45, 7) is 12.2. The molecule has 0 unspecified atom stereocenters. The topological polar surface area (TPSA) is 51.2 Å². The molecule has 0 saturated heterocycles. The third kappa shape index (κ3) is 5.04. The van der Waals surface area contributed by atoms with Crippen LogP contribution in [0.2, 0.25) is 0 Å². The van der Waals surface area contributed by atoms with Gasteiger partial charge in [-0.15, -0.1) is 0 Å². The van der Waals surface area contributed by atoms with E-state index in [1.165, 1.54) is 0 Å². The Morgan fingerprint density at radius 2 is 0.889 bits per heavy atom. The Hall–Kier alpha value is -2.77. The second-order valence-corrected chi connectivity index (χ2v) is 11.8. The highest BCUT2D eigenvalue weighted by molar-refractivity contribution is 8.01. The smallest absolute Gasteiger partial charge is 0.248 e. The molecule has 4 heteroatoms. The standard InChI is InChI=1S/C32H39O3P/c1-7-22-18-24(9-3)29(25(10-4)19-22)31(33)36(35,28-16-14-13-15-17-28)32(34)30-26(11-5)20-23(8-2)21-27(30)12-6/h13-21H,7-12H2,1-6H3. The molecule has 0 N–H and O–H groups in total. The first-order valence-corrected chi connectivity index (χ1v) is 15.1. The molecule has 0 radical (unpaired) electrons. The minimum atomic E-state index is -4.18. The van der Waals surface area contributed by atoms with Crippen molar-refractivity contribution in [2.45, 2.75) is 80.1 Å². The Bertz CT molecular complexity index is 1170. The van der Waals surface area contributed by atoms with E-state index in [2.05, 4.69) is 13.8 Å². The minimum absolute atomic E-state index is 0.312. The molecule has 0 bridgehead atoms. The molecule has 0 aliphatic heterocycles. The van der Waals surface area contributed by atoms with Crippen molar-refractivity contribution in [1.29, 1.82) is 0 Å². The number of benzene rings is 3. The van der Waals surface area contributed by atoms with E-state index in [4.69, 9.17) is 0 Å². The molecule has 0 fully saturated rings. The summed E-state index contributed by atoms with van der Waals surface area (Å²) in [6.07, 6.45) is 4.25. The van der Waals surface area contributed by atoms with E-state index in [0.717, 1.165) is 46.2 Å². The van der Waals surface area contributed by atoms with Crippen molar-refractivity contribution in [3.05, 3.63) is 99.1 Å². The molecular weight excluding hydrogens is 463 g/mol. The Morgan fingerprint density at radius 3 is 1.17 bits per heavy atom.